The van der Waals surface area contributed by atoms with Crippen LogP contribution in [0.4, 0.5) is 0 Å². The number of esters is 1. The summed E-state index contributed by atoms with van der Waals surface area (Å²) < 4.78 is 17.1. The van der Waals surface area contributed by atoms with E-state index in [1.807, 2.05) is 19.1 Å². The number of benzene rings is 2. The molecule has 0 aliphatic rings. The molecule has 0 fully saturated rings. The van der Waals surface area contributed by atoms with E-state index in [4.69, 9.17) is 14.2 Å². The molecule has 2 aromatic carbocycles. The van der Waals surface area contributed by atoms with Crippen molar-refractivity contribution in [1.82, 2.24) is 0 Å². The van der Waals surface area contributed by atoms with Crippen molar-refractivity contribution in [2.75, 3.05) is 13.2 Å². The Kier molecular flexibility index (Phi) is 13.5. The van der Waals surface area contributed by atoms with Gasteiger partial charge >= 0.3 is 5.97 Å². The summed E-state index contributed by atoms with van der Waals surface area (Å²) in [5, 5.41) is 9.47. The van der Waals surface area contributed by atoms with Gasteiger partial charge in [0.05, 0.1) is 23.7 Å². The third kappa shape index (κ3) is 11.2. The maximum atomic E-state index is 12.5. The monoisotopic (exact) mass is 493 g/mol. The van der Waals surface area contributed by atoms with Gasteiger partial charge in [0, 0.05) is 0 Å². The highest BCUT2D eigenvalue weighted by Gasteiger charge is 2.24. The highest BCUT2D eigenvalue weighted by Crippen LogP contribution is 2.26. The molecule has 0 amide bonds. The normalized spacial score (nSPS) is 12.4. The zero-order valence-corrected chi connectivity index (χ0v) is 22.4. The quantitative estimate of drug-likeness (QED) is 0.118. The third-order valence-corrected chi connectivity index (χ3v) is 6.30. The van der Waals surface area contributed by atoms with E-state index in [-0.39, 0.29) is 0 Å². The van der Waals surface area contributed by atoms with E-state index in [2.05, 4.69) is 19.9 Å². The summed E-state index contributed by atoms with van der Waals surface area (Å²) in [7, 11) is 0. The van der Waals surface area contributed by atoms with Crippen LogP contribution < -0.4 is 14.2 Å². The average Bonchev–Trinajstić information content (AvgIpc) is 2.91. The van der Waals surface area contributed by atoms with Crippen molar-refractivity contribution >= 4 is 5.97 Å². The van der Waals surface area contributed by atoms with E-state index in [0.29, 0.717) is 30.3 Å². The number of nitriles is 1. The predicted octanol–water partition coefficient (Wildman–Crippen LogP) is 8.52. The summed E-state index contributed by atoms with van der Waals surface area (Å²) >= 11 is 0. The maximum Gasteiger partial charge on any atom is 0.343 e. The molecule has 0 spiro atoms. The fourth-order valence-electron chi connectivity index (χ4n) is 3.85. The van der Waals surface area contributed by atoms with Crippen LogP contribution in [0.15, 0.2) is 48.5 Å². The standard InChI is InChI=1S/C31H43NO4/c1-4-6-8-9-10-11-12-13-23-34-27-16-14-26(15-17-27)30(33)36-29-20-18-28(19-21-29)35-25-31(3,24-32)22-7-5-2/h14-21H,4-13,22-23,25H2,1-3H3. The van der Waals surface area contributed by atoms with Gasteiger partial charge in [-0.05, 0) is 68.3 Å². The number of unbranched alkanes of at least 4 members (excludes halogenated alkanes) is 8. The number of ether oxygens (including phenoxy) is 3. The van der Waals surface area contributed by atoms with Crippen molar-refractivity contribution < 1.29 is 19.0 Å². The van der Waals surface area contributed by atoms with Gasteiger partial charge in [0.1, 0.15) is 23.9 Å². The summed E-state index contributed by atoms with van der Waals surface area (Å²) in [6, 6.07) is 16.3. The molecular formula is C31H43NO4. The lowest BCUT2D eigenvalue weighted by atomic mass is 9.87. The van der Waals surface area contributed by atoms with Crippen LogP contribution in [0.1, 0.15) is 102 Å². The Morgan fingerprint density at radius 1 is 0.750 bits per heavy atom. The Hall–Kier alpha value is -3.00. The zero-order valence-electron chi connectivity index (χ0n) is 22.4. The van der Waals surface area contributed by atoms with Crippen LogP contribution in [0.3, 0.4) is 0 Å². The molecule has 5 nitrogen and oxygen atoms in total. The third-order valence-electron chi connectivity index (χ3n) is 6.30. The lowest BCUT2D eigenvalue weighted by Gasteiger charge is -2.21. The molecule has 0 aromatic heterocycles. The predicted molar refractivity (Wildman–Crippen MR) is 145 cm³/mol. The molecule has 2 aromatic rings. The van der Waals surface area contributed by atoms with Crippen LogP contribution in [0.5, 0.6) is 17.2 Å². The molecule has 0 bridgehead atoms. The topological polar surface area (TPSA) is 68.6 Å². The highest BCUT2D eigenvalue weighted by molar-refractivity contribution is 5.91. The fraction of sp³-hybridized carbons (Fsp3) is 0.548. The van der Waals surface area contributed by atoms with Crippen molar-refractivity contribution in [2.24, 2.45) is 5.41 Å². The van der Waals surface area contributed by atoms with Gasteiger partial charge in [0.25, 0.3) is 0 Å². The Morgan fingerprint density at radius 3 is 1.89 bits per heavy atom. The molecule has 36 heavy (non-hydrogen) atoms. The van der Waals surface area contributed by atoms with Gasteiger partial charge in [0.15, 0.2) is 0 Å². The molecule has 2 rings (SSSR count). The van der Waals surface area contributed by atoms with Gasteiger partial charge in [-0.2, -0.15) is 5.26 Å². The summed E-state index contributed by atoms with van der Waals surface area (Å²) in [5.74, 6) is 1.43. The van der Waals surface area contributed by atoms with E-state index in [9.17, 15) is 10.1 Å². The van der Waals surface area contributed by atoms with Crippen LogP contribution in [-0.2, 0) is 0 Å². The summed E-state index contributed by atoms with van der Waals surface area (Å²) in [6.45, 7) is 7.30. The van der Waals surface area contributed by atoms with Gasteiger partial charge in [-0.1, -0.05) is 71.6 Å². The molecule has 0 saturated carbocycles. The second kappa shape index (κ2) is 16.6. The van der Waals surface area contributed by atoms with E-state index in [1.165, 1.54) is 44.9 Å². The van der Waals surface area contributed by atoms with Crippen molar-refractivity contribution in [2.45, 2.75) is 91.4 Å². The van der Waals surface area contributed by atoms with Gasteiger partial charge < -0.3 is 14.2 Å². The first-order valence-electron chi connectivity index (χ1n) is 13.6. The van der Waals surface area contributed by atoms with Crippen LogP contribution in [-0.4, -0.2) is 19.2 Å². The first kappa shape index (κ1) is 29.2. The van der Waals surface area contributed by atoms with Crippen LogP contribution >= 0.6 is 0 Å². The van der Waals surface area contributed by atoms with Crippen molar-refractivity contribution in [1.29, 1.82) is 5.26 Å². The molecule has 0 aliphatic heterocycles. The van der Waals surface area contributed by atoms with Crippen molar-refractivity contribution in [3.63, 3.8) is 0 Å². The van der Waals surface area contributed by atoms with Crippen LogP contribution in [0, 0.1) is 16.7 Å². The number of carbonyl (C=O) groups is 1. The number of hydrogen-bond acceptors (Lipinski definition) is 5. The van der Waals surface area contributed by atoms with Crippen molar-refractivity contribution in [3.8, 4) is 23.3 Å². The highest BCUT2D eigenvalue weighted by atomic mass is 16.5. The molecule has 1 atom stereocenters. The first-order valence-corrected chi connectivity index (χ1v) is 13.6. The van der Waals surface area contributed by atoms with E-state index >= 15 is 0 Å². The van der Waals surface area contributed by atoms with E-state index in [1.54, 1.807) is 36.4 Å². The Morgan fingerprint density at radius 2 is 1.28 bits per heavy atom. The molecule has 5 heteroatoms. The molecule has 0 N–H and O–H groups in total. The minimum atomic E-state index is -0.509. The average molecular weight is 494 g/mol. The number of hydrogen-bond donors (Lipinski definition) is 0. The first-order chi connectivity index (χ1) is 17.5. The largest absolute Gasteiger partial charge is 0.494 e. The van der Waals surface area contributed by atoms with Crippen molar-refractivity contribution in [3.05, 3.63) is 54.1 Å². The second-order valence-electron chi connectivity index (χ2n) is 9.77. The zero-order chi connectivity index (χ0) is 26.1. The SMILES string of the molecule is CCCCCCCCCCOc1ccc(C(=O)Oc2ccc(OCC(C)(C#N)CCCC)cc2)cc1. The lowest BCUT2D eigenvalue weighted by Crippen LogP contribution is -2.23. The molecule has 0 heterocycles. The van der Waals surface area contributed by atoms with Crippen LogP contribution in [0.2, 0.25) is 0 Å². The molecule has 0 radical (unpaired) electrons. The van der Waals surface area contributed by atoms with Gasteiger partial charge in [-0.15, -0.1) is 0 Å². The van der Waals surface area contributed by atoms with Crippen LogP contribution in [0.25, 0.3) is 0 Å². The Bertz CT molecular complexity index is 917. The maximum absolute atomic E-state index is 12.5. The summed E-state index contributed by atoms with van der Waals surface area (Å²) in [5.41, 5.74) is -0.0410. The Labute approximate surface area is 217 Å². The second-order valence-corrected chi connectivity index (χ2v) is 9.77. The number of carbonyl (C=O) groups excluding carboxylic acids is 1. The van der Waals surface area contributed by atoms with Gasteiger partial charge in [-0.3, -0.25) is 0 Å². The summed E-state index contributed by atoms with van der Waals surface area (Å²) in [4.78, 5) is 12.5. The van der Waals surface area contributed by atoms with Gasteiger partial charge in [-0.25, -0.2) is 4.79 Å². The molecule has 196 valence electrons. The molecule has 1 unspecified atom stereocenters. The fourth-order valence-corrected chi connectivity index (χ4v) is 3.85. The minimum absolute atomic E-state index is 0.329. The smallest absolute Gasteiger partial charge is 0.343 e. The Balaban J connectivity index is 1.71. The summed E-state index contributed by atoms with van der Waals surface area (Å²) in [6.07, 6.45) is 13.0. The molecular weight excluding hydrogens is 450 g/mol. The minimum Gasteiger partial charge on any atom is -0.494 e. The number of rotatable bonds is 18. The molecule has 0 aliphatic carbocycles. The lowest BCUT2D eigenvalue weighted by molar-refractivity contribution is 0.0734. The van der Waals surface area contributed by atoms with Gasteiger partial charge in [0.2, 0.25) is 0 Å². The van der Waals surface area contributed by atoms with E-state index in [0.717, 1.165) is 31.4 Å². The number of nitrogens with zero attached hydrogens (tertiary/aromatic N) is 1. The van der Waals surface area contributed by atoms with E-state index < -0.39 is 11.4 Å². The molecule has 0 saturated heterocycles.